The molecule has 3 N–H and O–H groups in total. The van der Waals surface area contributed by atoms with Crippen LogP contribution in [0.25, 0.3) is 21.9 Å². The van der Waals surface area contributed by atoms with Crippen LogP contribution < -0.4 is 5.73 Å². The number of para-hydroxylation sites is 1. The van der Waals surface area contributed by atoms with Gasteiger partial charge in [-0.15, -0.1) is 0 Å². The van der Waals surface area contributed by atoms with Gasteiger partial charge in [-0.05, 0) is 33.0 Å². The molecule has 0 saturated heterocycles. The van der Waals surface area contributed by atoms with Gasteiger partial charge in [0.15, 0.2) is 5.82 Å². The van der Waals surface area contributed by atoms with Gasteiger partial charge < -0.3 is 15.4 Å². The molecule has 0 amide bonds. The Morgan fingerprint density at radius 2 is 1.84 bits per heavy atom. The molecule has 0 aliphatic heterocycles. The smallest absolute Gasteiger partial charge is 0.152 e. The first-order valence-electron chi connectivity index (χ1n) is 8.82. The first-order chi connectivity index (χ1) is 11.8. The second-order valence-electron chi connectivity index (χ2n) is 7.10. The molecule has 6 nitrogen and oxygen atoms in total. The molecule has 0 unspecified atom stereocenters. The number of fused-ring (bicyclic) bond motifs is 3. The molecule has 134 valence electrons. The molecule has 0 saturated carbocycles. The minimum atomic E-state index is -0.856. The lowest BCUT2D eigenvalue weighted by Crippen LogP contribution is -2.29. The zero-order valence-corrected chi connectivity index (χ0v) is 15.5. The van der Waals surface area contributed by atoms with Gasteiger partial charge in [-0.3, -0.25) is 4.90 Å². The van der Waals surface area contributed by atoms with E-state index in [0.29, 0.717) is 24.4 Å². The lowest BCUT2D eigenvalue weighted by Gasteiger charge is -2.23. The van der Waals surface area contributed by atoms with Crippen molar-refractivity contribution in [2.75, 3.05) is 18.8 Å². The van der Waals surface area contributed by atoms with Crippen molar-refractivity contribution in [1.82, 2.24) is 19.4 Å². The van der Waals surface area contributed by atoms with Crippen molar-refractivity contribution in [3.8, 4) is 0 Å². The van der Waals surface area contributed by atoms with Gasteiger partial charge in [0.1, 0.15) is 11.3 Å². The topological polar surface area (TPSA) is 80.2 Å². The summed E-state index contributed by atoms with van der Waals surface area (Å²) < 4.78 is 2.11. The van der Waals surface area contributed by atoms with Crippen LogP contribution in [0.1, 0.15) is 33.5 Å². The lowest BCUT2D eigenvalue weighted by atomic mass is 10.1. The second kappa shape index (κ2) is 6.61. The fourth-order valence-electron chi connectivity index (χ4n) is 3.23. The summed E-state index contributed by atoms with van der Waals surface area (Å²) in [6.45, 7) is 10.9. The molecule has 2 aromatic heterocycles. The molecule has 0 atom stereocenters. The van der Waals surface area contributed by atoms with Gasteiger partial charge in [0.05, 0.1) is 29.7 Å². The monoisotopic (exact) mass is 341 g/mol. The van der Waals surface area contributed by atoms with Gasteiger partial charge in [-0.2, -0.15) is 0 Å². The first kappa shape index (κ1) is 17.6. The third-order valence-electron chi connectivity index (χ3n) is 4.49. The zero-order valence-electron chi connectivity index (χ0n) is 15.5. The van der Waals surface area contributed by atoms with Gasteiger partial charge in [-0.25, -0.2) is 9.97 Å². The summed E-state index contributed by atoms with van der Waals surface area (Å²) in [7, 11) is 0. The Balaban J connectivity index is 2.30. The Morgan fingerprint density at radius 1 is 1.16 bits per heavy atom. The van der Waals surface area contributed by atoms with Crippen molar-refractivity contribution in [3.05, 3.63) is 30.1 Å². The van der Waals surface area contributed by atoms with Gasteiger partial charge in [0.25, 0.3) is 0 Å². The van der Waals surface area contributed by atoms with E-state index in [0.717, 1.165) is 35.3 Å². The number of pyridine rings is 1. The molecule has 0 aliphatic rings. The standard InChI is InChI=1S/C19H27N5O/c1-5-23(6-2)11-15-22-16-17(24(15)12-19(3,4)25)13-9-7-8-10-14(13)21-18(16)20/h7-10,25H,5-6,11-12H2,1-4H3,(H2,20,21). The third-order valence-corrected chi connectivity index (χ3v) is 4.49. The number of imidazole rings is 1. The summed E-state index contributed by atoms with van der Waals surface area (Å²) >= 11 is 0. The van der Waals surface area contributed by atoms with Crippen molar-refractivity contribution in [2.24, 2.45) is 0 Å². The van der Waals surface area contributed by atoms with E-state index >= 15 is 0 Å². The Bertz CT molecular complexity index is 890. The third kappa shape index (κ3) is 3.45. The summed E-state index contributed by atoms with van der Waals surface area (Å²) in [5, 5.41) is 11.5. The fraction of sp³-hybridized carbons (Fsp3) is 0.474. The van der Waals surface area contributed by atoms with E-state index in [-0.39, 0.29) is 0 Å². The van der Waals surface area contributed by atoms with Gasteiger partial charge in [-0.1, -0.05) is 32.0 Å². The molecule has 3 rings (SSSR count). The highest BCUT2D eigenvalue weighted by molar-refractivity contribution is 6.06. The predicted octanol–water partition coefficient (Wildman–Crippen LogP) is 2.78. The normalized spacial score (nSPS) is 12.6. The molecular weight excluding hydrogens is 314 g/mol. The minimum absolute atomic E-state index is 0.434. The highest BCUT2D eigenvalue weighted by Crippen LogP contribution is 2.30. The van der Waals surface area contributed by atoms with Crippen molar-refractivity contribution >= 4 is 27.8 Å². The van der Waals surface area contributed by atoms with Crippen molar-refractivity contribution in [2.45, 2.75) is 46.4 Å². The van der Waals surface area contributed by atoms with Crippen molar-refractivity contribution < 1.29 is 5.11 Å². The van der Waals surface area contributed by atoms with Crippen molar-refractivity contribution in [3.63, 3.8) is 0 Å². The number of hydrogen-bond acceptors (Lipinski definition) is 5. The maximum absolute atomic E-state index is 10.5. The van der Waals surface area contributed by atoms with Crippen LogP contribution >= 0.6 is 0 Å². The van der Waals surface area contributed by atoms with E-state index in [4.69, 9.17) is 10.7 Å². The Labute approximate surface area is 148 Å². The number of aromatic nitrogens is 3. The number of hydrogen-bond donors (Lipinski definition) is 2. The van der Waals surface area contributed by atoms with E-state index in [1.54, 1.807) is 0 Å². The molecule has 0 radical (unpaired) electrons. The highest BCUT2D eigenvalue weighted by atomic mass is 16.3. The summed E-state index contributed by atoms with van der Waals surface area (Å²) in [4.78, 5) is 11.6. The Kier molecular flexibility index (Phi) is 4.67. The molecule has 0 aliphatic carbocycles. The van der Waals surface area contributed by atoms with Gasteiger partial charge in [0, 0.05) is 5.39 Å². The van der Waals surface area contributed by atoms with Crippen LogP contribution in [-0.2, 0) is 13.1 Å². The molecule has 0 fully saturated rings. The SMILES string of the molecule is CCN(CC)Cc1nc2c(N)nc3ccccc3c2n1CC(C)(C)O. The number of nitrogens with two attached hydrogens (primary N) is 1. The van der Waals surface area contributed by atoms with E-state index in [1.807, 2.05) is 38.1 Å². The fourth-order valence-corrected chi connectivity index (χ4v) is 3.23. The van der Waals surface area contributed by atoms with Crippen LogP contribution in [0, 0.1) is 0 Å². The molecule has 6 heteroatoms. The minimum Gasteiger partial charge on any atom is -0.389 e. The average molecular weight is 341 g/mol. The van der Waals surface area contributed by atoms with E-state index in [9.17, 15) is 5.11 Å². The number of rotatable bonds is 6. The number of nitrogen functional groups attached to an aromatic ring is 1. The molecule has 3 aromatic rings. The quantitative estimate of drug-likeness (QED) is 0.720. The summed E-state index contributed by atoms with van der Waals surface area (Å²) in [5.41, 5.74) is 7.86. The zero-order chi connectivity index (χ0) is 18.2. The molecule has 1 aromatic carbocycles. The van der Waals surface area contributed by atoms with E-state index in [1.165, 1.54) is 0 Å². The van der Waals surface area contributed by atoms with Gasteiger partial charge >= 0.3 is 0 Å². The average Bonchev–Trinajstić information content (AvgIpc) is 2.90. The summed E-state index contributed by atoms with van der Waals surface area (Å²) in [6, 6.07) is 7.93. The highest BCUT2D eigenvalue weighted by Gasteiger charge is 2.23. The maximum atomic E-state index is 10.5. The first-order valence-corrected chi connectivity index (χ1v) is 8.82. The molecule has 0 bridgehead atoms. The van der Waals surface area contributed by atoms with E-state index < -0.39 is 5.60 Å². The Hall–Kier alpha value is -2.18. The van der Waals surface area contributed by atoms with Crippen LogP contribution in [0.15, 0.2) is 24.3 Å². The number of nitrogens with zero attached hydrogens (tertiary/aromatic N) is 4. The van der Waals surface area contributed by atoms with E-state index in [2.05, 4.69) is 28.3 Å². The lowest BCUT2D eigenvalue weighted by molar-refractivity contribution is 0.0611. The van der Waals surface area contributed by atoms with Crippen LogP contribution in [0.3, 0.4) is 0 Å². The van der Waals surface area contributed by atoms with Crippen LogP contribution in [0.5, 0.6) is 0 Å². The molecule has 25 heavy (non-hydrogen) atoms. The summed E-state index contributed by atoms with van der Waals surface area (Å²) in [5.74, 6) is 1.34. The second-order valence-corrected chi connectivity index (χ2v) is 7.10. The predicted molar refractivity (Wildman–Crippen MR) is 102 cm³/mol. The van der Waals surface area contributed by atoms with Crippen LogP contribution in [0.4, 0.5) is 5.82 Å². The maximum Gasteiger partial charge on any atom is 0.152 e. The number of anilines is 1. The molecular formula is C19H27N5O. The van der Waals surface area contributed by atoms with Gasteiger partial charge in [0.2, 0.25) is 0 Å². The number of benzene rings is 1. The number of aliphatic hydroxyl groups is 1. The van der Waals surface area contributed by atoms with Crippen molar-refractivity contribution in [1.29, 1.82) is 0 Å². The summed E-state index contributed by atoms with van der Waals surface area (Å²) in [6.07, 6.45) is 0. The van der Waals surface area contributed by atoms with Crippen LogP contribution in [-0.4, -0.2) is 43.2 Å². The van der Waals surface area contributed by atoms with Crippen LogP contribution in [0.2, 0.25) is 0 Å². The molecule has 2 heterocycles. The molecule has 0 spiro atoms. The largest absolute Gasteiger partial charge is 0.389 e. The Morgan fingerprint density at radius 3 is 2.48 bits per heavy atom.